The predicted octanol–water partition coefficient (Wildman–Crippen LogP) is 3.88. The zero-order valence-electron chi connectivity index (χ0n) is 23.1. The molecule has 2 aromatic rings. The van der Waals surface area contributed by atoms with Crippen LogP contribution in [0.4, 0.5) is 10.5 Å². The van der Waals surface area contributed by atoms with E-state index in [2.05, 4.69) is 19.1 Å². The topological polar surface area (TPSA) is 99.5 Å². The smallest absolute Gasteiger partial charge is 0.414 e. The van der Waals surface area contributed by atoms with Crippen molar-refractivity contribution in [2.24, 2.45) is 5.92 Å². The average molecular weight is 553 g/mol. The van der Waals surface area contributed by atoms with Gasteiger partial charge in [-0.05, 0) is 67.1 Å². The first-order valence-corrected chi connectivity index (χ1v) is 17.1. The van der Waals surface area contributed by atoms with Crippen LogP contribution in [0.25, 0.3) is 0 Å². The molecule has 8 nitrogen and oxygen atoms in total. The fourth-order valence-corrected chi connectivity index (χ4v) is 9.36. The molecular weight excluding hydrogens is 512 g/mol. The Balaban J connectivity index is 1.27. The van der Waals surface area contributed by atoms with Crippen LogP contribution in [0.5, 0.6) is 0 Å². The predicted molar refractivity (Wildman–Crippen MR) is 151 cm³/mol. The van der Waals surface area contributed by atoms with Gasteiger partial charge in [0.15, 0.2) is 8.32 Å². The van der Waals surface area contributed by atoms with Gasteiger partial charge in [0, 0.05) is 17.8 Å². The number of nitrogens with zero attached hydrogens (tertiary/aromatic N) is 2. The van der Waals surface area contributed by atoms with Gasteiger partial charge in [-0.2, -0.15) is 0 Å². The van der Waals surface area contributed by atoms with Crippen molar-refractivity contribution in [3.05, 3.63) is 65.2 Å². The summed E-state index contributed by atoms with van der Waals surface area (Å²) in [5, 5.41) is 10.1. The minimum Gasteiger partial charge on any atom is -0.447 e. The minimum atomic E-state index is -2.64. The summed E-state index contributed by atoms with van der Waals surface area (Å²) in [5.41, 5.74) is 4.17. The number of aliphatic hydroxyl groups is 1. The summed E-state index contributed by atoms with van der Waals surface area (Å²) in [5.74, 6) is 0.0804. The molecule has 5 rings (SSSR count). The zero-order chi connectivity index (χ0) is 27.7. The fourth-order valence-electron chi connectivity index (χ4n) is 6.76. The monoisotopic (exact) mass is 552 g/mol. The molecule has 3 heterocycles. The van der Waals surface area contributed by atoms with Crippen molar-refractivity contribution in [2.45, 2.75) is 76.0 Å². The Morgan fingerprint density at radius 2 is 1.87 bits per heavy atom. The highest BCUT2D eigenvalue weighted by Gasteiger charge is 2.50. The quantitative estimate of drug-likeness (QED) is 0.482. The number of hydrogen-bond acceptors (Lipinski definition) is 6. The Morgan fingerprint density at radius 3 is 2.56 bits per heavy atom. The molecule has 39 heavy (non-hydrogen) atoms. The van der Waals surface area contributed by atoms with Crippen LogP contribution >= 0.6 is 0 Å². The molecule has 2 amide bonds. The number of carbonyl (C=O) groups excluding carboxylic acids is 2. The van der Waals surface area contributed by atoms with Crippen LogP contribution < -0.4 is 4.90 Å². The Hall–Kier alpha value is -2.72. The van der Waals surface area contributed by atoms with Gasteiger partial charge in [-0.1, -0.05) is 43.3 Å². The van der Waals surface area contributed by atoms with Gasteiger partial charge >= 0.3 is 6.09 Å². The minimum absolute atomic E-state index is 0.0325. The Bertz CT molecular complexity index is 1200. The van der Waals surface area contributed by atoms with E-state index in [0.29, 0.717) is 26.1 Å². The van der Waals surface area contributed by atoms with Gasteiger partial charge in [-0.3, -0.25) is 9.69 Å². The first-order valence-electron chi connectivity index (χ1n) is 14.0. The maximum Gasteiger partial charge on any atom is 0.414 e. The van der Waals surface area contributed by atoms with Gasteiger partial charge in [0.25, 0.3) is 0 Å². The second-order valence-corrected chi connectivity index (χ2v) is 15.7. The van der Waals surface area contributed by atoms with Crippen molar-refractivity contribution < 1.29 is 29.0 Å². The highest BCUT2D eigenvalue weighted by Crippen LogP contribution is 2.46. The standard InChI is InChI=1S/C30H40N2O6Si/c1-20-26(12-11-21-7-6-10-24(15-21)31-13-14-37-30(31)35)38-27(29(20)39(2,3)36)17-28(34)32-18-23-9-5-4-8-22(23)16-25(32)19-33/h4-10,15,20,25-27,29,33,36H,11-14,16-19H2,1-3H3/t20-,25+,26+,27-,29+/m1/s1. The number of ether oxygens (including phenoxy) is 2. The van der Waals surface area contributed by atoms with E-state index in [4.69, 9.17) is 9.47 Å². The molecule has 0 aromatic heterocycles. The lowest BCUT2D eigenvalue weighted by molar-refractivity contribution is -0.138. The highest BCUT2D eigenvalue weighted by atomic mass is 28.4. The molecule has 0 bridgehead atoms. The molecular formula is C30H40N2O6Si. The average Bonchev–Trinajstić information content (AvgIpc) is 3.48. The van der Waals surface area contributed by atoms with E-state index in [-0.39, 0.29) is 54.7 Å². The number of anilines is 1. The van der Waals surface area contributed by atoms with Crippen LogP contribution in [-0.4, -0.2) is 73.1 Å². The van der Waals surface area contributed by atoms with Gasteiger partial charge in [0.1, 0.15) is 6.61 Å². The van der Waals surface area contributed by atoms with Crippen molar-refractivity contribution in [3.63, 3.8) is 0 Å². The molecule has 0 aliphatic carbocycles. The van der Waals surface area contributed by atoms with Gasteiger partial charge in [-0.25, -0.2) is 4.79 Å². The van der Waals surface area contributed by atoms with Crippen molar-refractivity contribution in [1.82, 2.24) is 4.90 Å². The molecule has 5 atom stereocenters. The third-order valence-electron chi connectivity index (χ3n) is 8.68. The van der Waals surface area contributed by atoms with E-state index in [1.54, 1.807) is 9.80 Å². The molecule has 3 aliphatic heterocycles. The lowest BCUT2D eigenvalue weighted by Gasteiger charge is -2.37. The van der Waals surface area contributed by atoms with Gasteiger partial charge < -0.3 is 24.3 Å². The van der Waals surface area contributed by atoms with Crippen molar-refractivity contribution in [2.75, 3.05) is 24.7 Å². The van der Waals surface area contributed by atoms with E-state index in [0.717, 1.165) is 29.7 Å². The molecule has 2 fully saturated rings. The zero-order valence-corrected chi connectivity index (χ0v) is 24.1. The molecule has 3 aliphatic rings. The van der Waals surface area contributed by atoms with Crippen LogP contribution in [0, 0.1) is 5.92 Å². The summed E-state index contributed by atoms with van der Waals surface area (Å²) < 4.78 is 11.6. The number of benzene rings is 2. The maximum atomic E-state index is 13.6. The normalized spacial score (nSPS) is 27.0. The second-order valence-electron chi connectivity index (χ2n) is 11.8. The van der Waals surface area contributed by atoms with E-state index < -0.39 is 8.32 Å². The summed E-state index contributed by atoms with van der Waals surface area (Å²) >= 11 is 0. The summed E-state index contributed by atoms with van der Waals surface area (Å²) in [6.45, 7) is 7.36. The number of amides is 2. The second kappa shape index (κ2) is 11.4. The molecule has 2 saturated heterocycles. The van der Waals surface area contributed by atoms with Crippen LogP contribution in [-0.2, 0) is 33.7 Å². The summed E-state index contributed by atoms with van der Waals surface area (Å²) in [6, 6.07) is 15.8. The van der Waals surface area contributed by atoms with Crippen molar-refractivity contribution in [1.29, 1.82) is 0 Å². The molecule has 0 radical (unpaired) electrons. The molecule has 0 saturated carbocycles. The van der Waals surface area contributed by atoms with E-state index >= 15 is 0 Å². The van der Waals surface area contributed by atoms with E-state index in [1.165, 1.54) is 5.56 Å². The number of rotatable bonds is 8. The van der Waals surface area contributed by atoms with Gasteiger partial charge in [0.2, 0.25) is 5.91 Å². The Morgan fingerprint density at radius 1 is 1.10 bits per heavy atom. The summed E-state index contributed by atoms with van der Waals surface area (Å²) in [6.07, 6.45) is 1.62. The third-order valence-corrected chi connectivity index (χ3v) is 11.2. The number of aliphatic hydroxyl groups excluding tert-OH is 1. The molecule has 9 heteroatoms. The molecule has 2 aromatic carbocycles. The highest BCUT2D eigenvalue weighted by molar-refractivity contribution is 6.71. The third kappa shape index (κ3) is 5.91. The van der Waals surface area contributed by atoms with Crippen molar-refractivity contribution in [3.8, 4) is 0 Å². The number of carbonyl (C=O) groups is 2. The number of hydrogen-bond donors (Lipinski definition) is 2. The van der Waals surface area contributed by atoms with E-state index in [9.17, 15) is 19.5 Å². The van der Waals surface area contributed by atoms with Gasteiger partial charge in [0.05, 0.1) is 37.8 Å². The first kappa shape index (κ1) is 27.8. The fraction of sp³-hybridized carbons (Fsp3) is 0.533. The lowest BCUT2D eigenvalue weighted by atomic mass is 9.93. The number of cyclic esters (lactones) is 1. The number of fused-ring (bicyclic) bond motifs is 1. The summed E-state index contributed by atoms with van der Waals surface area (Å²) in [4.78, 5) is 40.3. The molecule has 2 N–H and O–H groups in total. The molecule has 210 valence electrons. The van der Waals surface area contributed by atoms with Crippen LogP contribution in [0.3, 0.4) is 0 Å². The van der Waals surface area contributed by atoms with E-state index in [1.807, 2.05) is 49.5 Å². The maximum absolute atomic E-state index is 13.6. The molecule has 0 unspecified atom stereocenters. The number of aryl methyl sites for hydroxylation is 1. The largest absolute Gasteiger partial charge is 0.447 e. The summed E-state index contributed by atoms with van der Waals surface area (Å²) in [7, 11) is -2.64. The molecule has 0 spiro atoms. The van der Waals surface area contributed by atoms with Crippen LogP contribution in [0.15, 0.2) is 48.5 Å². The van der Waals surface area contributed by atoms with Crippen LogP contribution in [0.2, 0.25) is 18.6 Å². The van der Waals surface area contributed by atoms with Crippen LogP contribution in [0.1, 0.15) is 36.5 Å². The Kier molecular flexibility index (Phi) is 8.14. The first-order chi connectivity index (χ1) is 18.7. The van der Waals surface area contributed by atoms with Gasteiger partial charge in [-0.15, -0.1) is 0 Å². The lowest BCUT2D eigenvalue weighted by Crippen LogP contribution is -2.48. The van der Waals surface area contributed by atoms with Crippen molar-refractivity contribution >= 4 is 26.0 Å². The Labute approximate surface area is 231 Å². The SMILES string of the molecule is C[C@H]1[C@H]([Si](C)(C)O)[C@@H](CC(=O)N2Cc3ccccc3C[C@H]2CO)O[C@H]1CCc1cccc(N2CCOC2=O)c1.